The molecule has 1 aromatic carbocycles. The average molecular weight is 423 g/mol. The fourth-order valence-electron chi connectivity index (χ4n) is 3.18. The minimum Gasteiger partial charge on any atom is -0.303 e. The van der Waals surface area contributed by atoms with Crippen LogP contribution < -0.4 is 16.0 Å². The number of aryl methyl sites for hydroxylation is 1. The van der Waals surface area contributed by atoms with Crippen molar-refractivity contribution < 1.29 is 8.42 Å². The summed E-state index contributed by atoms with van der Waals surface area (Å²) in [6.45, 7) is 4.65. The third kappa shape index (κ3) is 6.86. The highest BCUT2D eigenvalue weighted by atomic mass is 32.2. The lowest BCUT2D eigenvalue weighted by Crippen LogP contribution is -2.39. The first-order valence-corrected chi connectivity index (χ1v) is 11.5. The van der Waals surface area contributed by atoms with Crippen LogP contribution >= 0.6 is 0 Å². The van der Waals surface area contributed by atoms with Crippen LogP contribution in [-0.4, -0.2) is 48.3 Å². The molecular formula is C20H30N4O4S. The van der Waals surface area contributed by atoms with Gasteiger partial charge in [0, 0.05) is 44.5 Å². The zero-order chi connectivity index (χ0) is 21.6. The van der Waals surface area contributed by atoms with E-state index in [1.54, 1.807) is 19.2 Å². The second kappa shape index (κ2) is 9.89. The van der Waals surface area contributed by atoms with Crippen molar-refractivity contribution in [3.05, 3.63) is 62.4 Å². The Kier molecular flexibility index (Phi) is 7.80. The van der Waals surface area contributed by atoms with Crippen LogP contribution in [0.2, 0.25) is 0 Å². The van der Waals surface area contributed by atoms with Crippen molar-refractivity contribution in [2.24, 2.45) is 14.1 Å². The molecule has 1 heterocycles. The number of likely N-dealkylation sites (N-methyl/N-ethyl adjacent to an activating group) is 1. The standard InChI is InChI=1S/C20H30N4O4S/c1-5-24(14-12-18-15-19(25)23(3)20(26)22(18)2)13-6-7-16-8-10-17(11-9-16)21-29(4,27)28/h8-11,15,21H,5-7,12-14H2,1-4H3. The van der Waals surface area contributed by atoms with Crippen LogP contribution in [0.4, 0.5) is 5.69 Å². The molecule has 160 valence electrons. The van der Waals surface area contributed by atoms with Gasteiger partial charge in [-0.3, -0.25) is 14.1 Å². The quantitative estimate of drug-likeness (QED) is 0.615. The highest BCUT2D eigenvalue weighted by molar-refractivity contribution is 7.92. The van der Waals surface area contributed by atoms with Gasteiger partial charge in [0.25, 0.3) is 5.56 Å². The largest absolute Gasteiger partial charge is 0.330 e. The number of nitrogens with one attached hydrogen (secondary N) is 1. The third-order valence-electron chi connectivity index (χ3n) is 4.95. The van der Waals surface area contributed by atoms with E-state index in [9.17, 15) is 18.0 Å². The second-order valence-electron chi connectivity index (χ2n) is 7.23. The predicted octanol–water partition coefficient (Wildman–Crippen LogP) is 0.953. The number of hydrogen-bond donors (Lipinski definition) is 1. The van der Waals surface area contributed by atoms with Gasteiger partial charge in [-0.1, -0.05) is 19.1 Å². The Morgan fingerprint density at radius 2 is 1.66 bits per heavy atom. The first kappa shape index (κ1) is 22.9. The minimum atomic E-state index is -3.26. The summed E-state index contributed by atoms with van der Waals surface area (Å²) < 4.78 is 27.6. The molecule has 0 amide bonds. The van der Waals surface area contributed by atoms with Gasteiger partial charge < -0.3 is 9.47 Å². The predicted molar refractivity (Wildman–Crippen MR) is 116 cm³/mol. The van der Waals surface area contributed by atoms with Crippen molar-refractivity contribution in [3.63, 3.8) is 0 Å². The summed E-state index contributed by atoms with van der Waals surface area (Å²) in [4.78, 5) is 26.2. The smallest absolute Gasteiger partial charge is 0.303 e. The van der Waals surface area contributed by atoms with E-state index in [-0.39, 0.29) is 11.2 Å². The van der Waals surface area contributed by atoms with Gasteiger partial charge in [-0.05, 0) is 43.6 Å². The van der Waals surface area contributed by atoms with E-state index in [2.05, 4.69) is 16.5 Å². The van der Waals surface area contributed by atoms with Crippen LogP contribution in [0.5, 0.6) is 0 Å². The molecule has 1 N–H and O–H groups in total. The fraction of sp³-hybridized carbons (Fsp3) is 0.500. The molecule has 0 saturated carbocycles. The Bertz CT molecular complexity index is 1040. The molecule has 9 heteroatoms. The van der Waals surface area contributed by atoms with Gasteiger partial charge in [-0.2, -0.15) is 0 Å². The van der Waals surface area contributed by atoms with Crippen LogP contribution in [0.25, 0.3) is 0 Å². The molecular weight excluding hydrogens is 392 g/mol. The number of nitrogens with zero attached hydrogens (tertiary/aromatic N) is 3. The molecule has 0 aliphatic rings. The van der Waals surface area contributed by atoms with Gasteiger partial charge in [0.2, 0.25) is 10.0 Å². The highest BCUT2D eigenvalue weighted by Crippen LogP contribution is 2.12. The van der Waals surface area contributed by atoms with Gasteiger partial charge in [0.15, 0.2) is 0 Å². The summed E-state index contributed by atoms with van der Waals surface area (Å²) in [6.07, 6.45) is 3.62. The zero-order valence-electron chi connectivity index (χ0n) is 17.5. The number of aromatic nitrogens is 2. The fourth-order valence-corrected chi connectivity index (χ4v) is 3.74. The maximum atomic E-state index is 12.0. The van der Waals surface area contributed by atoms with Gasteiger partial charge >= 0.3 is 5.69 Å². The number of anilines is 1. The minimum absolute atomic E-state index is 0.278. The molecule has 0 saturated heterocycles. The first-order chi connectivity index (χ1) is 13.6. The van der Waals surface area contributed by atoms with E-state index in [4.69, 9.17) is 0 Å². The average Bonchev–Trinajstić information content (AvgIpc) is 2.66. The molecule has 2 rings (SSSR count). The molecule has 0 aliphatic heterocycles. The summed E-state index contributed by atoms with van der Waals surface area (Å²) in [5.41, 5.74) is 1.87. The molecule has 0 fully saturated rings. The lowest BCUT2D eigenvalue weighted by molar-refractivity contribution is 0.286. The Morgan fingerprint density at radius 3 is 2.24 bits per heavy atom. The number of sulfonamides is 1. The molecule has 0 atom stereocenters. The van der Waals surface area contributed by atoms with Crippen LogP contribution in [0.15, 0.2) is 39.9 Å². The van der Waals surface area contributed by atoms with E-state index in [0.717, 1.165) is 54.6 Å². The summed E-state index contributed by atoms with van der Waals surface area (Å²) in [6, 6.07) is 8.93. The van der Waals surface area contributed by atoms with E-state index in [1.165, 1.54) is 17.7 Å². The molecule has 8 nitrogen and oxygen atoms in total. The number of benzene rings is 1. The summed E-state index contributed by atoms with van der Waals surface area (Å²) in [7, 11) is -0.0878. The zero-order valence-corrected chi connectivity index (χ0v) is 18.3. The molecule has 0 bridgehead atoms. The summed E-state index contributed by atoms with van der Waals surface area (Å²) in [5, 5.41) is 0. The van der Waals surface area contributed by atoms with Gasteiger partial charge in [0.05, 0.1) is 6.26 Å². The molecule has 0 radical (unpaired) electrons. The van der Waals surface area contributed by atoms with Crippen LogP contribution in [0.3, 0.4) is 0 Å². The van der Waals surface area contributed by atoms with E-state index in [0.29, 0.717) is 12.1 Å². The van der Waals surface area contributed by atoms with E-state index >= 15 is 0 Å². The van der Waals surface area contributed by atoms with Crippen molar-refractivity contribution in [1.29, 1.82) is 0 Å². The maximum Gasteiger partial charge on any atom is 0.330 e. The van der Waals surface area contributed by atoms with E-state index in [1.807, 2.05) is 12.1 Å². The lowest BCUT2D eigenvalue weighted by Gasteiger charge is -2.21. The van der Waals surface area contributed by atoms with E-state index < -0.39 is 10.0 Å². The normalized spacial score (nSPS) is 11.8. The van der Waals surface area contributed by atoms with Gasteiger partial charge in [0.1, 0.15) is 0 Å². The van der Waals surface area contributed by atoms with Crippen LogP contribution in [0, 0.1) is 0 Å². The molecule has 2 aromatic rings. The highest BCUT2D eigenvalue weighted by Gasteiger charge is 2.09. The monoisotopic (exact) mass is 422 g/mol. The SMILES string of the molecule is CCN(CCCc1ccc(NS(C)(=O)=O)cc1)CCc1cc(=O)n(C)c(=O)n1C. The van der Waals surface area contributed by atoms with Crippen molar-refractivity contribution in [2.75, 3.05) is 30.6 Å². The van der Waals surface area contributed by atoms with Crippen molar-refractivity contribution in [2.45, 2.75) is 26.2 Å². The molecule has 1 aromatic heterocycles. The Hall–Kier alpha value is -2.39. The first-order valence-electron chi connectivity index (χ1n) is 9.65. The topological polar surface area (TPSA) is 93.4 Å². The molecule has 0 unspecified atom stereocenters. The summed E-state index contributed by atoms with van der Waals surface area (Å²) in [5.74, 6) is 0. The van der Waals surface area contributed by atoms with Gasteiger partial charge in [-0.25, -0.2) is 13.2 Å². The van der Waals surface area contributed by atoms with Crippen LogP contribution in [-0.2, 0) is 37.0 Å². The Morgan fingerprint density at radius 1 is 1.00 bits per heavy atom. The molecule has 0 spiro atoms. The molecule has 29 heavy (non-hydrogen) atoms. The Labute approximate surface area is 171 Å². The molecule has 0 aliphatic carbocycles. The van der Waals surface area contributed by atoms with Crippen LogP contribution in [0.1, 0.15) is 24.6 Å². The van der Waals surface area contributed by atoms with Crippen molar-refractivity contribution in [3.8, 4) is 0 Å². The van der Waals surface area contributed by atoms with Gasteiger partial charge in [-0.15, -0.1) is 0 Å². The van der Waals surface area contributed by atoms with Crippen molar-refractivity contribution >= 4 is 15.7 Å². The summed E-state index contributed by atoms with van der Waals surface area (Å²) >= 11 is 0. The maximum absolute atomic E-state index is 12.0. The third-order valence-corrected chi connectivity index (χ3v) is 5.56. The Balaban J connectivity index is 1.87. The lowest BCUT2D eigenvalue weighted by atomic mass is 10.1. The second-order valence-corrected chi connectivity index (χ2v) is 8.98. The number of rotatable bonds is 10. The number of hydrogen-bond acceptors (Lipinski definition) is 5. The van der Waals surface area contributed by atoms with Crippen molar-refractivity contribution in [1.82, 2.24) is 14.0 Å².